The van der Waals surface area contributed by atoms with Crippen molar-refractivity contribution in [2.45, 2.75) is 51.2 Å². The third-order valence-corrected chi connectivity index (χ3v) is 5.45. The lowest BCUT2D eigenvalue weighted by molar-refractivity contribution is 0.131. The Morgan fingerprint density at radius 3 is 2.52 bits per heavy atom. The Bertz CT molecular complexity index is 708. The van der Waals surface area contributed by atoms with E-state index in [1.54, 1.807) is 12.1 Å². The van der Waals surface area contributed by atoms with Crippen molar-refractivity contribution in [2.24, 2.45) is 0 Å². The highest BCUT2D eigenvalue weighted by atomic mass is 35.5. The number of unbranched alkanes of at least 4 members (excludes halogenated alkanes) is 3. The van der Waals surface area contributed by atoms with E-state index in [-0.39, 0.29) is 6.04 Å². The van der Waals surface area contributed by atoms with Gasteiger partial charge in [-0.15, -0.1) is 0 Å². The second kappa shape index (κ2) is 13.0. The molecule has 0 aliphatic rings. The molecule has 5 nitrogen and oxygen atoms in total. The Labute approximate surface area is 183 Å². The SMILES string of the molecule is CC(NCCCCCCOCCc1ccccn1)C(O)c1cc(Cl)c(N)c(Cl)c1. The van der Waals surface area contributed by atoms with Crippen LogP contribution in [0, 0.1) is 0 Å². The molecule has 1 aromatic carbocycles. The molecule has 2 rings (SSSR count). The largest absolute Gasteiger partial charge is 0.396 e. The summed E-state index contributed by atoms with van der Waals surface area (Å²) in [5, 5.41) is 14.6. The standard InChI is InChI=1S/C22H31Cl2N3O2/c1-16(22(28)17-14-19(23)21(25)20(24)15-17)26-10-5-2-3-7-12-29-13-9-18-8-4-6-11-27-18/h4,6,8,11,14-16,22,26,28H,2-3,5,7,9-10,12-13,25H2,1H3. The van der Waals surface area contributed by atoms with Gasteiger partial charge in [0, 0.05) is 31.0 Å². The smallest absolute Gasteiger partial charge is 0.0941 e. The van der Waals surface area contributed by atoms with Crippen LogP contribution >= 0.6 is 23.2 Å². The van der Waals surface area contributed by atoms with Gasteiger partial charge in [-0.25, -0.2) is 0 Å². The predicted molar refractivity (Wildman–Crippen MR) is 121 cm³/mol. The molecule has 29 heavy (non-hydrogen) atoms. The molecule has 0 radical (unpaired) electrons. The Hall–Kier alpha value is -1.37. The summed E-state index contributed by atoms with van der Waals surface area (Å²) >= 11 is 12.1. The van der Waals surface area contributed by atoms with Gasteiger partial charge in [0.15, 0.2) is 0 Å². The zero-order valence-electron chi connectivity index (χ0n) is 16.9. The first kappa shape index (κ1) is 23.9. The number of hydrogen-bond donors (Lipinski definition) is 3. The molecule has 0 amide bonds. The number of aliphatic hydroxyl groups is 1. The maximum absolute atomic E-state index is 10.5. The van der Waals surface area contributed by atoms with Crippen LogP contribution in [0.2, 0.25) is 10.0 Å². The van der Waals surface area contributed by atoms with Crippen molar-refractivity contribution in [3.05, 3.63) is 57.8 Å². The van der Waals surface area contributed by atoms with Gasteiger partial charge in [0.25, 0.3) is 0 Å². The second-order valence-corrected chi connectivity index (χ2v) is 8.00. The summed E-state index contributed by atoms with van der Waals surface area (Å²) in [6.45, 7) is 4.29. The summed E-state index contributed by atoms with van der Waals surface area (Å²) in [6, 6.07) is 9.16. The molecule has 4 N–H and O–H groups in total. The van der Waals surface area contributed by atoms with Crippen LogP contribution in [0.1, 0.15) is 50.0 Å². The van der Waals surface area contributed by atoms with Crippen molar-refractivity contribution in [3.8, 4) is 0 Å². The molecule has 2 unspecified atom stereocenters. The molecule has 2 aromatic rings. The Morgan fingerprint density at radius 2 is 1.83 bits per heavy atom. The number of aliphatic hydroxyl groups excluding tert-OH is 1. The molecule has 2 atom stereocenters. The number of rotatable bonds is 13. The average Bonchev–Trinajstić information content (AvgIpc) is 2.73. The average molecular weight is 440 g/mol. The van der Waals surface area contributed by atoms with Crippen molar-refractivity contribution in [1.29, 1.82) is 0 Å². The van der Waals surface area contributed by atoms with Crippen LogP contribution in [0.5, 0.6) is 0 Å². The molecule has 0 aliphatic heterocycles. The molecule has 1 heterocycles. The first-order valence-corrected chi connectivity index (χ1v) is 10.9. The maximum atomic E-state index is 10.5. The normalized spacial score (nSPS) is 13.4. The zero-order chi connectivity index (χ0) is 21.1. The van der Waals surface area contributed by atoms with E-state index in [1.165, 1.54) is 0 Å². The van der Waals surface area contributed by atoms with E-state index in [1.807, 2.05) is 31.3 Å². The fraction of sp³-hybridized carbons (Fsp3) is 0.500. The molecule has 0 spiro atoms. The van der Waals surface area contributed by atoms with Gasteiger partial charge < -0.3 is 20.9 Å². The fourth-order valence-corrected chi connectivity index (χ4v) is 3.52. The van der Waals surface area contributed by atoms with E-state index in [4.69, 9.17) is 33.7 Å². The Balaban J connectivity index is 1.51. The highest BCUT2D eigenvalue weighted by Gasteiger charge is 2.18. The highest BCUT2D eigenvalue weighted by molar-refractivity contribution is 6.38. The third kappa shape index (κ3) is 8.49. The van der Waals surface area contributed by atoms with Gasteiger partial charge in [0.05, 0.1) is 28.4 Å². The van der Waals surface area contributed by atoms with E-state index in [9.17, 15) is 5.11 Å². The Morgan fingerprint density at radius 1 is 1.10 bits per heavy atom. The number of hydrogen-bond acceptors (Lipinski definition) is 5. The number of aromatic nitrogens is 1. The van der Waals surface area contributed by atoms with Gasteiger partial charge in [-0.1, -0.05) is 42.1 Å². The van der Waals surface area contributed by atoms with Crippen molar-refractivity contribution < 1.29 is 9.84 Å². The van der Waals surface area contributed by atoms with E-state index in [2.05, 4.69) is 10.3 Å². The molecule has 0 bridgehead atoms. The van der Waals surface area contributed by atoms with Crippen LogP contribution < -0.4 is 11.1 Å². The van der Waals surface area contributed by atoms with E-state index in [0.717, 1.165) is 50.9 Å². The van der Waals surface area contributed by atoms with E-state index in [0.29, 0.717) is 27.9 Å². The third-order valence-electron chi connectivity index (χ3n) is 4.83. The number of nitrogens with two attached hydrogens (primary N) is 1. The van der Waals surface area contributed by atoms with Crippen molar-refractivity contribution in [1.82, 2.24) is 10.3 Å². The number of nitrogen functional groups attached to an aromatic ring is 1. The number of halogens is 2. The molecular formula is C22H31Cl2N3O2. The van der Waals surface area contributed by atoms with Crippen LogP contribution in [0.25, 0.3) is 0 Å². The quantitative estimate of drug-likeness (QED) is 0.308. The second-order valence-electron chi connectivity index (χ2n) is 7.18. The number of nitrogens with zero attached hydrogens (tertiary/aromatic N) is 1. The van der Waals surface area contributed by atoms with E-state index >= 15 is 0 Å². The van der Waals surface area contributed by atoms with Crippen LogP contribution in [0.15, 0.2) is 36.5 Å². The highest BCUT2D eigenvalue weighted by Crippen LogP contribution is 2.32. The maximum Gasteiger partial charge on any atom is 0.0941 e. The lowest BCUT2D eigenvalue weighted by Crippen LogP contribution is -2.33. The van der Waals surface area contributed by atoms with Crippen LogP contribution in [-0.4, -0.2) is 35.9 Å². The lowest BCUT2D eigenvalue weighted by atomic mass is 10.0. The van der Waals surface area contributed by atoms with Crippen molar-refractivity contribution in [3.63, 3.8) is 0 Å². The topological polar surface area (TPSA) is 80.4 Å². The van der Waals surface area contributed by atoms with Crippen LogP contribution in [0.3, 0.4) is 0 Å². The summed E-state index contributed by atoms with van der Waals surface area (Å²) in [5.74, 6) is 0. The molecule has 0 fully saturated rings. The number of ether oxygens (including phenoxy) is 1. The zero-order valence-corrected chi connectivity index (χ0v) is 18.4. The van der Waals surface area contributed by atoms with Gasteiger partial charge >= 0.3 is 0 Å². The summed E-state index contributed by atoms with van der Waals surface area (Å²) in [4.78, 5) is 4.28. The summed E-state index contributed by atoms with van der Waals surface area (Å²) in [7, 11) is 0. The molecular weight excluding hydrogens is 409 g/mol. The molecule has 1 aromatic heterocycles. The van der Waals surface area contributed by atoms with Gasteiger partial charge in [-0.2, -0.15) is 0 Å². The van der Waals surface area contributed by atoms with Crippen LogP contribution in [0.4, 0.5) is 5.69 Å². The molecule has 160 valence electrons. The fourth-order valence-electron chi connectivity index (χ4n) is 3.01. The number of anilines is 1. The molecule has 7 heteroatoms. The predicted octanol–water partition coefficient (Wildman–Crippen LogP) is 4.80. The molecule has 0 aliphatic carbocycles. The number of pyridine rings is 1. The summed E-state index contributed by atoms with van der Waals surface area (Å²) < 4.78 is 5.67. The van der Waals surface area contributed by atoms with Gasteiger partial charge in [0.1, 0.15) is 0 Å². The minimum absolute atomic E-state index is 0.110. The first-order chi connectivity index (χ1) is 14.0. The summed E-state index contributed by atoms with van der Waals surface area (Å²) in [5.41, 5.74) is 7.82. The molecule has 0 saturated heterocycles. The van der Waals surface area contributed by atoms with Crippen molar-refractivity contribution >= 4 is 28.9 Å². The van der Waals surface area contributed by atoms with Crippen molar-refractivity contribution in [2.75, 3.05) is 25.5 Å². The number of benzene rings is 1. The van der Waals surface area contributed by atoms with Gasteiger partial charge in [-0.05, 0) is 56.1 Å². The minimum atomic E-state index is -0.696. The van der Waals surface area contributed by atoms with E-state index < -0.39 is 6.10 Å². The molecule has 0 saturated carbocycles. The van der Waals surface area contributed by atoms with Gasteiger partial charge in [-0.3, -0.25) is 4.98 Å². The number of nitrogens with one attached hydrogen (secondary N) is 1. The Kier molecular flexibility index (Phi) is 10.7. The monoisotopic (exact) mass is 439 g/mol. The van der Waals surface area contributed by atoms with Crippen LogP contribution in [-0.2, 0) is 11.2 Å². The first-order valence-electron chi connectivity index (χ1n) is 10.1. The lowest BCUT2D eigenvalue weighted by Gasteiger charge is -2.21. The van der Waals surface area contributed by atoms with Gasteiger partial charge in [0.2, 0.25) is 0 Å². The minimum Gasteiger partial charge on any atom is -0.396 e. The summed E-state index contributed by atoms with van der Waals surface area (Å²) in [6.07, 6.45) is 6.33.